The number of sulfone groups is 1. The van der Waals surface area contributed by atoms with Crippen LogP contribution in [0.2, 0.25) is 0 Å². The number of carbonyl (C=O) groups excluding carboxylic acids is 2. The second-order valence-corrected chi connectivity index (χ2v) is 12.8. The summed E-state index contributed by atoms with van der Waals surface area (Å²) in [5.74, 6) is -2.67. The van der Waals surface area contributed by atoms with E-state index in [9.17, 15) is 31.9 Å². The number of ether oxygens (including phenoxy) is 2. The Morgan fingerprint density at radius 1 is 1.09 bits per heavy atom. The quantitative estimate of drug-likeness (QED) is 0.261. The highest BCUT2D eigenvalue weighted by molar-refractivity contribution is 7.92. The average Bonchev–Trinajstić information content (AvgIpc) is 3.38. The van der Waals surface area contributed by atoms with Crippen molar-refractivity contribution in [3.63, 3.8) is 0 Å². The van der Waals surface area contributed by atoms with Crippen LogP contribution >= 0.6 is 0 Å². The van der Waals surface area contributed by atoms with Gasteiger partial charge in [-0.25, -0.2) is 22.0 Å². The maximum atomic E-state index is 14.4. The number of cyclic esters (lactones) is 1. The first-order valence-electron chi connectivity index (χ1n) is 14.0. The number of nitrogens with one attached hydrogen (secondary N) is 2. The van der Waals surface area contributed by atoms with Crippen LogP contribution in [0.5, 0.6) is 5.75 Å². The summed E-state index contributed by atoms with van der Waals surface area (Å²) in [6, 6.07) is 15.5. The number of methoxy groups -OCH3 is 1. The van der Waals surface area contributed by atoms with E-state index < -0.39 is 63.0 Å². The van der Waals surface area contributed by atoms with Crippen molar-refractivity contribution in [2.75, 3.05) is 25.2 Å². The minimum Gasteiger partial charge on any atom is -0.494 e. The van der Waals surface area contributed by atoms with Crippen LogP contribution in [-0.2, 0) is 25.8 Å². The predicted octanol–water partition coefficient (Wildman–Crippen LogP) is 3.43. The number of amides is 2. The molecule has 236 valence electrons. The van der Waals surface area contributed by atoms with Gasteiger partial charge in [0.15, 0.2) is 27.4 Å². The van der Waals surface area contributed by atoms with Crippen LogP contribution in [0.3, 0.4) is 0 Å². The minimum absolute atomic E-state index is 0.0988. The number of nitrogens with zero attached hydrogens (tertiary/aromatic N) is 1. The summed E-state index contributed by atoms with van der Waals surface area (Å²) in [5, 5.41) is 15.8. The lowest BCUT2D eigenvalue weighted by Crippen LogP contribution is -2.55. The summed E-state index contributed by atoms with van der Waals surface area (Å²) in [6.45, 7) is 2.79. The number of hydrogen-bond acceptors (Lipinski definition) is 8. The van der Waals surface area contributed by atoms with E-state index in [-0.39, 0.29) is 35.9 Å². The lowest BCUT2D eigenvalue weighted by molar-refractivity contribution is -0.123. The number of carbonyl (C=O) groups is 2. The van der Waals surface area contributed by atoms with Gasteiger partial charge >= 0.3 is 6.09 Å². The van der Waals surface area contributed by atoms with E-state index in [2.05, 4.69) is 10.6 Å². The fourth-order valence-corrected chi connectivity index (χ4v) is 6.86. The molecule has 13 heteroatoms. The van der Waals surface area contributed by atoms with Crippen molar-refractivity contribution in [1.29, 1.82) is 0 Å². The number of anilines is 1. The lowest BCUT2D eigenvalue weighted by Gasteiger charge is -2.30. The van der Waals surface area contributed by atoms with Gasteiger partial charge in [-0.05, 0) is 54.3 Å². The van der Waals surface area contributed by atoms with Crippen molar-refractivity contribution in [3.8, 4) is 5.75 Å². The molecule has 0 aromatic heterocycles. The van der Waals surface area contributed by atoms with Crippen molar-refractivity contribution in [2.45, 2.75) is 48.7 Å². The molecule has 4 atom stereocenters. The van der Waals surface area contributed by atoms with E-state index >= 15 is 0 Å². The van der Waals surface area contributed by atoms with Gasteiger partial charge in [-0.15, -0.1) is 0 Å². The van der Waals surface area contributed by atoms with Gasteiger partial charge in [0, 0.05) is 6.54 Å². The lowest BCUT2D eigenvalue weighted by atomic mass is 10.00. The van der Waals surface area contributed by atoms with Gasteiger partial charge in [0.05, 0.1) is 29.8 Å². The third-order valence-electron chi connectivity index (χ3n) is 7.27. The first kappa shape index (κ1) is 32.8. The number of benzene rings is 3. The van der Waals surface area contributed by atoms with Crippen molar-refractivity contribution in [1.82, 2.24) is 10.6 Å². The molecule has 0 radical (unpaired) electrons. The monoisotopic (exact) mass is 631 g/mol. The van der Waals surface area contributed by atoms with E-state index in [1.54, 1.807) is 38.1 Å². The Labute approximate surface area is 254 Å². The first-order valence-corrected chi connectivity index (χ1v) is 15.5. The fraction of sp³-hybridized carbons (Fsp3) is 0.355. The standard InChI is InChI=1S/C31H35F2N3O7S/c1-19(2)30(44(40,41)23-12-13-28(42-3)24(33)16-23)34-17-27(37)25(14-20-8-5-4-6-9-20)35-29(38)26-18-43-31(39)36(26)22-11-7-10-21(32)15-22/h4-13,15-16,19,25-27,30,34,37H,14,17-18H2,1-3H3,(H,35,38)/t25-,26?,27+,30?/m0/s1. The summed E-state index contributed by atoms with van der Waals surface area (Å²) in [4.78, 5) is 26.7. The highest BCUT2D eigenvalue weighted by Gasteiger charge is 2.41. The Bertz CT molecular complexity index is 1570. The molecule has 2 unspecified atom stereocenters. The summed E-state index contributed by atoms with van der Waals surface area (Å²) < 4.78 is 65.2. The molecule has 3 aromatic carbocycles. The zero-order valence-electron chi connectivity index (χ0n) is 24.4. The molecule has 1 aliphatic heterocycles. The second kappa shape index (κ2) is 14.1. The summed E-state index contributed by atoms with van der Waals surface area (Å²) in [7, 11) is -2.84. The van der Waals surface area contributed by atoms with E-state index in [4.69, 9.17) is 9.47 Å². The molecule has 3 aromatic rings. The number of halogens is 2. The Hall–Kier alpha value is -4.07. The highest BCUT2D eigenvalue weighted by atomic mass is 32.2. The molecule has 2 amide bonds. The third kappa shape index (κ3) is 7.52. The third-order valence-corrected chi connectivity index (χ3v) is 9.56. The zero-order chi connectivity index (χ0) is 32.0. The van der Waals surface area contributed by atoms with Crippen LogP contribution in [0.25, 0.3) is 0 Å². The van der Waals surface area contributed by atoms with Crippen LogP contribution in [0.4, 0.5) is 19.3 Å². The van der Waals surface area contributed by atoms with E-state index in [1.807, 2.05) is 6.07 Å². The molecule has 44 heavy (non-hydrogen) atoms. The Balaban J connectivity index is 1.54. The maximum Gasteiger partial charge on any atom is 0.415 e. The largest absolute Gasteiger partial charge is 0.494 e. The van der Waals surface area contributed by atoms with Gasteiger partial charge < -0.3 is 19.9 Å². The SMILES string of the molecule is COc1ccc(S(=O)(=O)C(NC[C@@H](O)[C@H](Cc2ccccc2)NC(=O)C2COC(=O)N2c2cccc(F)c2)C(C)C)cc1F. The van der Waals surface area contributed by atoms with Crippen LogP contribution < -0.4 is 20.3 Å². The molecule has 0 aliphatic carbocycles. The van der Waals surface area contributed by atoms with Crippen molar-refractivity contribution in [3.05, 3.63) is 90.0 Å². The average molecular weight is 632 g/mol. The molecular formula is C31H35F2N3O7S. The minimum atomic E-state index is -4.11. The molecule has 1 aliphatic rings. The van der Waals surface area contributed by atoms with Crippen molar-refractivity contribution in [2.24, 2.45) is 5.92 Å². The molecule has 1 fully saturated rings. The molecule has 0 saturated carbocycles. The maximum absolute atomic E-state index is 14.4. The normalized spacial score (nSPS) is 17.2. The van der Waals surface area contributed by atoms with Gasteiger partial charge in [-0.2, -0.15) is 0 Å². The molecule has 0 bridgehead atoms. The smallest absolute Gasteiger partial charge is 0.415 e. The number of aliphatic hydroxyl groups excluding tert-OH is 1. The molecule has 1 saturated heterocycles. The molecule has 3 N–H and O–H groups in total. The van der Waals surface area contributed by atoms with E-state index in [0.29, 0.717) is 0 Å². The molecular weight excluding hydrogens is 596 g/mol. The Morgan fingerprint density at radius 3 is 2.45 bits per heavy atom. The topological polar surface area (TPSA) is 134 Å². The van der Waals surface area contributed by atoms with Crippen molar-refractivity contribution >= 4 is 27.5 Å². The van der Waals surface area contributed by atoms with Gasteiger partial charge in [0.1, 0.15) is 17.8 Å². The van der Waals surface area contributed by atoms with Gasteiger partial charge in [-0.3, -0.25) is 15.0 Å². The predicted molar refractivity (Wildman–Crippen MR) is 159 cm³/mol. The highest BCUT2D eigenvalue weighted by Crippen LogP contribution is 2.26. The first-order chi connectivity index (χ1) is 20.9. The molecule has 0 spiro atoms. The van der Waals surface area contributed by atoms with Crippen LogP contribution in [0.1, 0.15) is 19.4 Å². The van der Waals surface area contributed by atoms with Gasteiger partial charge in [0.2, 0.25) is 5.91 Å². The second-order valence-electron chi connectivity index (χ2n) is 10.7. The van der Waals surface area contributed by atoms with Gasteiger partial charge in [-0.1, -0.05) is 50.2 Å². The van der Waals surface area contributed by atoms with E-state index in [1.165, 1.54) is 37.4 Å². The molecule has 4 rings (SSSR count). The van der Waals surface area contributed by atoms with Crippen LogP contribution in [0, 0.1) is 17.6 Å². The molecule has 10 nitrogen and oxygen atoms in total. The number of hydrogen-bond donors (Lipinski definition) is 3. The summed E-state index contributed by atoms with van der Waals surface area (Å²) in [5.41, 5.74) is 0.911. The summed E-state index contributed by atoms with van der Waals surface area (Å²) in [6.07, 6.45) is -1.96. The van der Waals surface area contributed by atoms with Crippen molar-refractivity contribution < 1.29 is 41.4 Å². The Kier molecular flexibility index (Phi) is 10.6. The fourth-order valence-electron chi connectivity index (χ4n) is 5.01. The molecule has 1 heterocycles. The van der Waals surface area contributed by atoms with Crippen LogP contribution in [-0.4, -0.2) is 69.3 Å². The van der Waals surface area contributed by atoms with Crippen LogP contribution in [0.15, 0.2) is 77.7 Å². The number of aliphatic hydroxyl groups is 1. The zero-order valence-corrected chi connectivity index (χ0v) is 25.3. The summed E-state index contributed by atoms with van der Waals surface area (Å²) >= 11 is 0. The van der Waals surface area contributed by atoms with E-state index in [0.717, 1.165) is 22.6 Å². The Morgan fingerprint density at radius 2 is 1.82 bits per heavy atom. The van der Waals surface area contributed by atoms with Gasteiger partial charge in [0.25, 0.3) is 0 Å². The number of rotatable bonds is 13.